The maximum Gasteiger partial charge on any atom is 0.171 e. The zero-order chi connectivity index (χ0) is 17.1. The molecule has 3 aromatic rings. The summed E-state index contributed by atoms with van der Waals surface area (Å²) in [6, 6.07) is 9.33. The number of allylic oxidation sites excluding steroid dienone is 1. The van der Waals surface area contributed by atoms with Gasteiger partial charge in [-0.3, -0.25) is 15.0 Å². The van der Waals surface area contributed by atoms with Crippen LogP contribution in [0.1, 0.15) is 16.8 Å². The second-order valence-electron chi connectivity index (χ2n) is 5.34. The van der Waals surface area contributed by atoms with Crippen molar-refractivity contribution in [2.45, 2.75) is 6.92 Å². The summed E-state index contributed by atoms with van der Waals surface area (Å²) >= 11 is 5.98. The minimum atomic E-state index is 0.433. The Balaban J connectivity index is 2.19. The number of hydrogen-bond acceptors (Lipinski definition) is 4. The zero-order valence-corrected chi connectivity index (χ0v) is 14.2. The van der Waals surface area contributed by atoms with Crippen LogP contribution in [0.3, 0.4) is 0 Å². The second kappa shape index (κ2) is 6.76. The van der Waals surface area contributed by atoms with Crippen LogP contribution in [0.2, 0.25) is 5.15 Å². The van der Waals surface area contributed by atoms with Gasteiger partial charge >= 0.3 is 0 Å². The number of pyridine rings is 3. The number of nitrogens with one attached hydrogen (secondary N) is 1. The molecule has 0 saturated carbocycles. The van der Waals surface area contributed by atoms with Gasteiger partial charge in [0.25, 0.3) is 0 Å². The number of halogens is 1. The molecule has 0 aliphatic heterocycles. The van der Waals surface area contributed by atoms with Crippen molar-refractivity contribution in [1.82, 2.24) is 15.0 Å². The normalized spacial score (nSPS) is 12.6. The van der Waals surface area contributed by atoms with E-state index in [9.17, 15) is 0 Å². The van der Waals surface area contributed by atoms with Crippen molar-refractivity contribution < 1.29 is 4.99 Å². The lowest BCUT2D eigenvalue weighted by molar-refractivity contribution is -0.412. The zero-order valence-electron chi connectivity index (χ0n) is 13.4. The van der Waals surface area contributed by atoms with E-state index in [0.717, 1.165) is 33.4 Å². The summed E-state index contributed by atoms with van der Waals surface area (Å²) in [5.41, 5.74) is 12.1. The first-order chi connectivity index (χ1) is 11.6. The standard InChI is InChI=1S/C18H16ClN5/c1-11-7-12(5-6-22-11)18(20)14(10-21-2)13-8-16-15(23-9-13)3-4-17(19)24-16/h3-10H,20H2,1-2H3/p+1. The van der Waals surface area contributed by atoms with Crippen LogP contribution in [-0.2, 0) is 0 Å². The van der Waals surface area contributed by atoms with Crippen molar-refractivity contribution in [3.8, 4) is 0 Å². The van der Waals surface area contributed by atoms with Crippen molar-refractivity contribution in [2.75, 3.05) is 7.05 Å². The summed E-state index contributed by atoms with van der Waals surface area (Å²) < 4.78 is 0. The number of fused-ring (bicyclic) bond motifs is 1. The lowest BCUT2D eigenvalue weighted by atomic mass is 10.0. The van der Waals surface area contributed by atoms with Gasteiger partial charge in [-0.2, -0.15) is 0 Å². The largest absolute Gasteiger partial charge is 0.398 e. The van der Waals surface area contributed by atoms with E-state index in [0.29, 0.717) is 10.9 Å². The topological polar surface area (TPSA) is 78.7 Å². The van der Waals surface area contributed by atoms with Crippen LogP contribution >= 0.6 is 11.6 Å². The third kappa shape index (κ3) is 3.26. The Bertz CT molecular complexity index is 963. The van der Waals surface area contributed by atoms with E-state index in [-0.39, 0.29) is 0 Å². The van der Waals surface area contributed by atoms with E-state index in [1.807, 2.05) is 44.5 Å². The third-order valence-electron chi connectivity index (χ3n) is 3.60. The summed E-state index contributed by atoms with van der Waals surface area (Å²) in [5.74, 6) is 0. The number of aromatic nitrogens is 3. The van der Waals surface area contributed by atoms with Gasteiger partial charge in [0, 0.05) is 29.2 Å². The average molecular weight is 339 g/mol. The molecule has 0 aliphatic carbocycles. The Morgan fingerprint density at radius 1 is 1.12 bits per heavy atom. The van der Waals surface area contributed by atoms with Crippen LogP contribution in [0.25, 0.3) is 22.3 Å². The highest BCUT2D eigenvalue weighted by Crippen LogP contribution is 2.23. The molecule has 24 heavy (non-hydrogen) atoms. The van der Waals surface area contributed by atoms with Gasteiger partial charge in [0.1, 0.15) is 12.2 Å². The molecule has 120 valence electrons. The van der Waals surface area contributed by atoms with Gasteiger partial charge < -0.3 is 5.73 Å². The molecule has 3 rings (SSSR count). The third-order valence-corrected chi connectivity index (χ3v) is 3.81. The highest BCUT2D eigenvalue weighted by molar-refractivity contribution is 6.29. The molecule has 0 amide bonds. The molecule has 5 nitrogen and oxygen atoms in total. The monoisotopic (exact) mass is 338 g/mol. The predicted octanol–water partition coefficient (Wildman–Crippen LogP) is 1.59. The van der Waals surface area contributed by atoms with Crippen molar-refractivity contribution >= 4 is 40.1 Å². The van der Waals surface area contributed by atoms with Gasteiger partial charge in [-0.05, 0) is 37.3 Å². The van der Waals surface area contributed by atoms with Crippen LogP contribution in [-0.4, -0.2) is 28.2 Å². The van der Waals surface area contributed by atoms with Gasteiger partial charge in [-0.25, -0.2) is 4.98 Å². The fourth-order valence-electron chi connectivity index (χ4n) is 2.46. The van der Waals surface area contributed by atoms with Gasteiger partial charge in [-0.15, -0.1) is 0 Å². The first-order valence-electron chi connectivity index (χ1n) is 7.44. The lowest BCUT2D eigenvalue weighted by Crippen LogP contribution is -2.63. The molecule has 3 heterocycles. The molecule has 6 heteroatoms. The molecule has 0 aromatic carbocycles. The summed E-state index contributed by atoms with van der Waals surface area (Å²) in [7, 11) is 1.83. The van der Waals surface area contributed by atoms with Gasteiger partial charge in [0.2, 0.25) is 0 Å². The quantitative estimate of drug-likeness (QED) is 0.561. The molecule has 0 fully saturated rings. The first-order valence-corrected chi connectivity index (χ1v) is 7.82. The van der Waals surface area contributed by atoms with E-state index in [2.05, 4.69) is 19.9 Å². The van der Waals surface area contributed by atoms with E-state index in [1.165, 1.54) is 0 Å². The Morgan fingerprint density at radius 2 is 1.96 bits per heavy atom. The minimum Gasteiger partial charge on any atom is -0.398 e. The molecule has 3 aromatic heterocycles. The van der Waals surface area contributed by atoms with E-state index < -0.39 is 0 Å². The highest BCUT2D eigenvalue weighted by atomic mass is 35.5. The van der Waals surface area contributed by atoms with Gasteiger partial charge in [0.05, 0.1) is 22.3 Å². The SMILES string of the molecule is C[NH+]=CC(=C(N)c1ccnc(C)c1)c1cnc2ccc(Cl)nc2c1. The average Bonchev–Trinajstić information content (AvgIpc) is 2.58. The smallest absolute Gasteiger partial charge is 0.171 e. The Kier molecular flexibility index (Phi) is 4.53. The van der Waals surface area contributed by atoms with Crippen molar-refractivity contribution in [3.63, 3.8) is 0 Å². The number of aryl methyl sites for hydroxylation is 1. The van der Waals surface area contributed by atoms with Crippen LogP contribution < -0.4 is 10.7 Å². The van der Waals surface area contributed by atoms with Crippen molar-refractivity contribution in [3.05, 3.63) is 64.7 Å². The minimum absolute atomic E-state index is 0.433. The summed E-state index contributed by atoms with van der Waals surface area (Å²) in [6.07, 6.45) is 5.37. The second-order valence-corrected chi connectivity index (χ2v) is 5.73. The van der Waals surface area contributed by atoms with Crippen molar-refractivity contribution in [1.29, 1.82) is 0 Å². The Morgan fingerprint density at radius 3 is 2.71 bits per heavy atom. The molecule has 0 saturated heterocycles. The highest BCUT2D eigenvalue weighted by Gasteiger charge is 2.12. The Hall–Kier alpha value is -2.79. The molecule has 0 spiro atoms. The molecule has 0 bridgehead atoms. The summed E-state index contributed by atoms with van der Waals surface area (Å²) in [6.45, 7) is 1.93. The van der Waals surface area contributed by atoms with Crippen LogP contribution in [0.15, 0.2) is 42.7 Å². The lowest BCUT2D eigenvalue weighted by Gasteiger charge is -2.08. The van der Waals surface area contributed by atoms with E-state index in [1.54, 1.807) is 18.5 Å². The molecule has 0 aliphatic rings. The molecular weight excluding hydrogens is 322 g/mol. The Labute approximate surface area is 145 Å². The molecule has 0 atom stereocenters. The summed E-state index contributed by atoms with van der Waals surface area (Å²) in [4.78, 5) is 16.0. The molecule has 3 N–H and O–H groups in total. The molecule has 0 unspecified atom stereocenters. The number of nitrogens with zero attached hydrogens (tertiary/aromatic N) is 3. The maximum atomic E-state index is 6.41. The van der Waals surface area contributed by atoms with Crippen LogP contribution in [0.5, 0.6) is 0 Å². The van der Waals surface area contributed by atoms with Gasteiger partial charge in [-0.1, -0.05) is 11.6 Å². The van der Waals surface area contributed by atoms with E-state index in [4.69, 9.17) is 17.3 Å². The fourth-order valence-corrected chi connectivity index (χ4v) is 2.61. The molecular formula is C18H17ClN5+. The van der Waals surface area contributed by atoms with Crippen LogP contribution in [0, 0.1) is 6.92 Å². The number of rotatable bonds is 3. The number of hydrogen-bond donors (Lipinski definition) is 2. The van der Waals surface area contributed by atoms with Gasteiger partial charge in [0.15, 0.2) is 6.21 Å². The summed E-state index contributed by atoms with van der Waals surface area (Å²) in [5, 5.41) is 0.433. The first kappa shape index (κ1) is 16.1. The fraction of sp³-hybridized carbons (Fsp3) is 0.111. The predicted molar refractivity (Wildman–Crippen MR) is 97.5 cm³/mol. The van der Waals surface area contributed by atoms with Crippen LogP contribution in [0.4, 0.5) is 0 Å². The molecule has 0 radical (unpaired) electrons. The maximum absolute atomic E-state index is 6.41. The van der Waals surface area contributed by atoms with Crippen molar-refractivity contribution in [2.24, 2.45) is 5.73 Å². The number of nitrogens with two attached hydrogens (primary N) is 1. The van der Waals surface area contributed by atoms with E-state index >= 15 is 0 Å².